The van der Waals surface area contributed by atoms with E-state index in [9.17, 15) is 9.59 Å². The van der Waals surface area contributed by atoms with Crippen molar-refractivity contribution in [3.05, 3.63) is 35.4 Å². The molecule has 1 amide bonds. The first-order valence-corrected chi connectivity index (χ1v) is 5.34. The summed E-state index contributed by atoms with van der Waals surface area (Å²) in [5.74, 6) is 0.00404. The number of carbonyl (C=O) groups is 2. The van der Waals surface area contributed by atoms with E-state index in [0.29, 0.717) is 18.5 Å². The predicted molar refractivity (Wildman–Crippen MR) is 60.9 cm³/mol. The summed E-state index contributed by atoms with van der Waals surface area (Å²) < 4.78 is 0. The Labute approximate surface area is 95.9 Å². The molecule has 0 bridgehead atoms. The van der Waals surface area contributed by atoms with E-state index in [1.54, 1.807) is 12.1 Å². The van der Waals surface area contributed by atoms with Crippen LogP contribution in [0.1, 0.15) is 42.6 Å². The highest BCUT2D eigenvalue weighted by molar-refractivity contribution is 5.93. The molecule has 1 aromatic rings. The lowest BCUT2D eigenvalue weighted by Crippen LogP contribution is -2.21. The first-order chi connectivity index (χ1) is 7.63. The fourth-order valence-electron chi connectivity index (χ4n) is 1.23. The van der Waals surface area contributed by atoms with Gasteiger partial charge in [0, 0.05) is 12.0 Å². The van der Waals surface area contributed by atoms with Crippen LogP contribution in [0.4, 0.5) is 0 Å². The molecule has 1 N–H and O–H groups in total. The monoisotopic (exact) mass is 217 g/mol. The van der Waals surface area contributed by atoms with Crippen LogP contribution in [0.3, 0.4) is 0 Å². The highest BCUT2D eigenvalue weighted by Crippen LogP contribution is 1.99. The highest BCUT2D eigenvalue weighted by atomic mass is 16.1. The molecule has 0 heterocycles. The van der Waals surface area contributed by atoms with Gasteiger partial charge in [0.15, 0.2) is 5.78 Å². The van der Waals surface area contributed by atoms with Crippen molar-refractivity contribution < 1.29 is 9.59 Å². The molecule has 3 heteroatoms. The zero-order valence-corrected chi connectivity index (χ0v) is 9.59. The molecule has 0 saturated carbocycles. The lowest BCUT2D eigenvalue weighted by Gasteiger charge is -2.02. The Morgan fingerprint density at radius 1 is 1.31 bits per heavy atom. The number of amides is 1. The van der Waals surface area contributed by atoms with Gasteiger partial charge in [-0.2, -0.15) is 0 Å². The van der Waals surface area contributed by atoms with Crippen LogP contribution in [0.15, 0.2) is 12.1 Å². The molecule has 1 aromatic carbocycles. The average molecular weight is 217 g/mol. The maximum absolute atomic E-state index is 11.2. The maximum atomic E-state index is 11.2. The Morgan fingerprint density at radius 2 is 2.06 bits per heavy atom. The average Bonchev–Trinajstić information content (AvgIpc) is 2.27. The zero-order valence-electron chi connectivity index (χ0n) is 9.59. The van der Waals surface area contributed by atoms with Gasteiger partial charge in [-0.05, 0) is 25.5 Å². The molecule has 3 nitrogen and oxygen atoms in total. The van der Waals surface area contributed by atoms with Crippen LogP contribution >= 0.6 is 0 Å². The second-order valence-electron chi connectivity index (χ2n) is 3.61. The summed E-state index contributed by atoms with van der Waals surface area (Å²) in [6.45, 7) is 3.89. The molecule has 0 aliphatic rings. The predicted octanol–water partition coefficient (Wildman–Crippen LogP) is 1.91. The minimum absolute atomic E-state index is 0.0298. The smallest absolute Gasteiger partial charge is 0.220 e. The van der Waals surface area contributed by atoms with Crippen LogP contribution < -0.4 is 5.32 Å². The number of carbonyl (C=O) groups excluding carboxylic acids is 2. The van der Waals surface area contributed by atoms with Crippen LogP contribution in [0, 0.1) is 12.1 Å². The van der Waals surface area contributed by atoms with Gasteiger partial charge in [0.25, 0.3) is 0 Å². The van der Waals surface area contributed by atoms with Crippen molar-refractivity contribution in [3.63, 3.8) is 0 Å². The Hall–Kier alpha value is -1.82. The molecule has 0 radical (unpaired) electrons. The normalized spacial score (nSPS) is 9.38. The molecule has 0 aliphatic heterocycles. The second-order valence-corrected chi connectivity index (χ2v) is 3.61. The largest absolute Gasteiger partial charge is 0.351 e. The van der Waals surface area contributed by atoms with Gasteiger partial charge in [-0.1, -0.05) is 19.1 Å². The number of nitrogens with one attached hydrogen (secondary N) is 1. The Bertz CT molecular complexity index is 368. The summed E-state index contributed by atoms with van der Waals surface area (Å²) in [5, 5.41) is 2.77. The summed E-state index contributed by atoms with van der Waals surface area (Å²) in [6.07, 6.45) is 1.38. The summed E-state index contributed by atoms with van der Waals surface area (Å²) in [4.78, 5) is 22.2. The van der Waals surface area contributed by atoms with E-state index >= 15 is 0 Å². The van der Waals surface area contributed by atoms with Gasteiger partial charge in [-0.15, -0.1) is 0 Å². The molecule has 0 fully saturated rings. The summed E-state index contributed by atoms with van der Waals surface area (Å²) in [6, 6.07) is 9.09. The van der Waals surface area contributed by atoms with Gasteiger partial charge in [-0.3, -0.25) is 9.59 Å². The van der Waals surface area contributed by atoms with Crippen molar-refractivity contribution in [2.45, 2.75) is 33.2 Å². The lowest BCUT2D eigenvalue weighted by molar-refractivity contribution is -0.121. The number of hydrogen-bond acceptors (Lipinski definition) is 2. The van der Waals surface area contributed by atoms with Crippen molar-refractivity contribution in [2.24, 2.45) is 0 Å². The number of Topliss-reactive ketones (excluding diaryl/α,β-unsaturated/α-hetero) is 1. The first-order valence-electron chi connectivity index (χ1n) is 5.34. The molecule has 0 aliphatic carbocycles. The summed E-state index contributed by atoms with van der Waals surface area (Å²) >= 11 is 0. The van der Waals surface area contributed by atoms with Crippen LogP contribution in [0.2, 0.25) is 0 Å². The van der Waals surface area contributed by atoms with E-state index in [-0.39, 0.29) is 11.7 Å². The van der Waals surface area contributed by atoms with Crippen molar-refractivity contribution >= 4 is 11.7 Å². The molecule has 0 unspecified atom stereocenters. The Balaban J connectivity index is 2.49. The third kappa shape index (κ3) is 3.74. The van der Waals surface area contributed by atoms with Crippen LogP contribution in [-0.2, 0) is 11.3 Å². The highest BCUT2D eigenvalue weighted by Gasteiger charge is 2.00. The third-order valence-corrected chi connectivity index (χ3v) is 2.14. The molecule has 84 valence electrons. The Kier molecular flexibility index (Phi) is 4.53. The molecule has 0 atom stereocenters. The van der Waals surface area contributed by atoms with Crippen molar-refractivity contribution in [2.75, 3.05) is 0 Å². The van der Waals surface area contributed by atoms with Gasteiger partial charge < -0.3 is 5.32 Å². The van der Waals surface area contributed by atoms with Crippen LogP contribution in [0.5, 0.6) is 0 Å². The molecular formula is C13H15NO2. The van der Waals surface area contributed by atoms with Gasteiger partial charge in [-0.25, -0.2) is 0 Å². The Morgan fingerprint density at radius 3 is 2.56 bits per heavy atom. The van der Waals surface area contributed by atoms with Gasteiger partial charge in [0.05, 0.1) is 12.1 Å². The van der Waals surface area contributed by atoms with Crippen LogP contribution in [0.25, 0.3) is 0 Å². The van der Waals surface area contributed by atoms with Gasteiger partial charge in [0.2, 0.25) is 5.91 Å². The van der Waals surface area contributed by atoms with E-state index in [4.69, 9.17) is 0 Å². The number of hydrogen-bond donors (Lipinski definition) is 1. The molecule has 0 aromatic heterocycles. The van der Waals surface area contributed by atoms with E-state index in [1.807, 2.05) is 6.92 Å². The number of rotatable bonds is 5. The molecular weight excluding hydrogens is 202 g/mol. The van der Waals surface area contributed by atoms with Crippen LogP contribution in [-0.4, -0.2) is 11.7 Å². The first kappa shape index (κ1) is 12.3. The minimum atomic E-state index is -0.0298. The van der Waals surface area contributed by atoms with E-state index < -0.39 is 0 Å². The van der Waals surface area contributed by atoms with Crippen molar-refractivity contribution in [1.29, 1.82) is 0 Å². The zero-order chi connectivity index (χ0) is 12.0. The van der Waals surface area contributed by atoms with E-state index in [1.165, 1.54) is 6.92 Å². The van der Waals surface area contributed by atoms with Crippen molar-refractivity contribution in [3.8, 4) is 0 Å². The topological polar surface area (TPSA) is 46.2 Å². The summed E-state index contributed by atoms with van der Waals surface area (Å²) in [5.41, 5.74) is 1.35. The standard InChI is InChI=1S/C13H15NO2/c1-3-4-13(16)14-9-11-5-7-12(8-6-11)10(2)15/h5,7H,3-4,9H2,1-2H3,(H,14,16). The van der Waals surface area contributed by atoms with E-state index in [2.05, 4.69) is 17.4 Å². The number of ketones is 1. The summed E-state index contributed by atoms with van der Waals surface area (Å²) in [7, 11) is 0. The minimum Gasteiger partial charge on any atom is -0.351 e. The van der Waals surface area contributed by atoms with Gasteiger partial charge in [0.1, 0.15) is 0 Å². The van der Waals surface area contributed by atoms with E-state index in [0.717, 1.165) is 12.0 Å². The molecule has 1 rings (SSSR count). The molecule has 16 heavy (non-hydrogen) atoms. The maximum Gasteiger partial charge on any atom is 0.220 e. The SMILES string of the molecule is CCCC(=O)NCc1c#cc(C(C)=O)cc1. The molecule has 0 spiro atoms. The lowest BCUT2D eigenvalue weighted by atomic mass is 10.1. The fourth-order valence-corrected chi connectivity index (χ4v) is 1.23. The molecule has 0 saturated heterocycles. The quantitative estimate of drug-likeness (QED) is 0.766. The van der Waals surface area contributed by atoms with Gasteiger partial charge >= 0.3 is 0 Å². The third-order valence-electron chi connectivity index (χ3n) is 2.14. The fraction of sp³-hybridized carbons (Fsp3) is 0.385. The van der Waals surface area contributed by atoms with Crippen molar-refractivity contribution in [1.82, 2.24) is 5.32 Å². The second kappa shape index (κ2) is 5.92.